The van der Waals surface area contributed by atoms with Crippen molar-refractivity contribution in [2.24, 2.45) is 40.9 Å². The molecule has 0 aromatic heterocycles. The van der Waals surface area contributed by atoms with Gasteiger partial charge in [-0.2, -0.15) is 13.2 Å². The third-order valence-electron chi connectivity index (χ3n) is 9.01. The predicted octanol–water partition coefficient (Wildman–Crippen LogP) is 4.93. The van der Waals surface area contributed by atoms with Crippen LogP contribution in [0, 0.1) is 40.9 Å². The van der Waals surface area contributed by atoms with E-state index in [-0.39, 0.29) is 23.9 Å². The van der Waals surface area contributed by atoms with Crippen molar-refractivity contribution in [2.45, 2.75) is 89.5 Å². The quantitative estimate of drug-likeness (QED) is 0.719. The molecule has 26 heavy (non-hydrogen) atoms. The Morgan fingerprint density at radius 1 is 0.962 bits per heavy atom. The highest BCUT2D eigenvalue weighted by atomic mass is 19.4. The molecule has 4 aliphatic carbocycles. The molecule has 4 aliphatic rings. The van der Waals surface area contributed by atoms with E-state index in [9.17, 15) is 23.4 Å². The SMILES string of the molecule is C[C@]12CCC3C4CCC(O)CC4CC[C@H]3C1CC[C@@H]2CC(O)C(F)(F)F. The average Bonchev–Trinajstić information content (AvgIpc) is 2.90. The lowest BCUT2D eigenvalue weighted by molar-refractivity contribution is -0.211. The summed E-state index contributed by atoms with van der Waals surface area (Å²) in [5, 5.41) is 19.6. The van der Waals surface area contributed by atoms with E-state index in [2.05, 4.69) is 6.92 Å². The van der Waals surface area contributed by atoms with Crippen LogP contribution in [0.5, 0.6) is 0 Å². The Labute approximate surface area is 154 Å². The predicted molar refractivity (Wildman–Crippen MR) is 93.3 cm³/mol. The van der Waals surface area contributed by atoms with E-state index in [0.29, 0.717) is 23.7 Å². The van der Waals surface area contributed by atoms with Gasteiger partial charge in [0.25, 0.3) is 0 Å². The second-order valence-corrected chi connectivity index (χ2v) is 10.0. The first-order chi connectivity index (χ1) is 12.2. The van der Waals surface area contributed by atoms with Crippen molar-refractivity contribution in [1.29, 1.82) is 0 Å². The highest BCUT2D eigenvalue weighted by Crippen LogP contribution is 2.65. The fraction of sp³-hybridized carbons (Fsp3) is 1.00. The number of halogens is 3. The average molecular weight is 374 g/mol. The Bertz CT molecular complexity index is 522. The first-order valence-corrected chi connectivity index (χ1v) is 10.6. The number of rotatable bonds is 2. The van der Waals surface area contributed by atoms with Gasteiger partial charge in [0.05, 0.1) is 6.10 Å². The Kier molecular flexibility index (Phi) is 4.87. The molecule has 150 valence electrons. The molecule has 9 atom stereocenters. The Balaban J connectivity index is 1.48. The van der Waals surface area contributed by atoms with Crippen LogP contribution in [0.3, 0.4) is 0 Å². The summed E-state index contributed by atoms with van der Waals surface area (Å²) in [6, 6.07) is 0. The molecule has 4 saturated carbocycles. The molecule has 5 heteroatoms. The Morgan fingerprint density at radius 3 is 2.42 bits per heavy atom. The molecule has 2 nitrogen and oxygen atoms in total. The lowest BCUT2D eigenvalue weighted by atomic mass is 9.49. The van der Waals surface area contributed by atoms with Crippen molar-refractivity contribution < 1.29 is 23.4 Å². The molecule has 0 aromatic carbocycles. The minimum absolute atomic E-state index is 0.00373. The van der Waals surface area contributed by atoms with E-state index >= 15 is 0 Å². The van der Waals surface area contributed by atoms with Crippen LogP contribution in [-0.4, -0.2) is 28.6 Å². The molecule has 0 radical (unpaired) electrons. The summed E-state index contributed by atoms with van der Waals surface area (Å²) in [7, 11) is 0. The first kappa shape index (κ1) is 19.0. The van der Waals surface area contributed by atoms with Gasteiger partial charge in [0, 0.05) is 0 Å². The summed E-state index contributed by atoms with van der Waals surface area (Å²) >= 11 is 0. The molecule has 6 unspecified atom stereocenters. The second kappa shape index (κ2) is 6.65. The molecule has 0 spiro atoms. The van der Waals surface area contributed by atoms with E-state index < -0.39 is 12.3 Å². The Hall–Kier alpha value is -0.290. The Morgan fingerprint density at radius 2 is 1.69 bits per heavy atom. The number of hydrogen-bond donors (Lipinski definition) is 2. The molecule has 0 bridgehead atoms. The monoisotopic (exact) mass is 374 g/mol. The van der Waals surface area contributed by atoms with Crippen molar-refractivity contribution >= 4 is 0 Å². The van der Waals surface area contributed by atoms with Crippen LogP contribution < -0.4 is 0 Å². The molecule has 4 fully saturated rings. The van der Waals surface area contributed by atoms with Gasteiger partial charge in [0.15, 0.2) is 0 Å². The standard InChI is InChI=1S/C21H33F3O2/c1-20-9-8-16-15-6-4-14(25)10-12(15)2-5-17(16)18(20)7-3-13(20)11-19(26)21(22,23)24/h12-19,25-26H,2-11H2,1H3/t12?,13-,14?,15?,16?,17-,18?,19?,20-/m1/s1. The summed E-state index contributed by atoms with van der Waals surface area (Å²) in [4.78, 5) is 0. The minimum atomic E-state index is -4.49. The van der Waals surface area contributed by atoms with Gasteiger partial charge in [-0.25, -0.2) is 0 Å². The van der Waals surface area contributed by atoms with E-state index in [1.807, 2.05) is 0 Å². The zero-order valence-corrected chi connectivity index (χ0v) is 15.7. The van der Waals surface area contributed by atoms with Gasteiger partial charge in [0.1, 0.15) is 6.10 Å². The number of aliphatic hydroxyl groups is 2. The molecule has 4 rings (SSSR count). The zero-order valence-electron chi connectivity index (χ0n) is 15.7. The van der Waals surface area contributed by atoms with Gasteiger partial charge < -0.3 is 10.2 Å². The lowest BCUT2D eigenvalue weighted by Crippen LogP contribution is -2.49. The molecule has 0 aliphatic heterocycles. The van der Waals surface area contributed by atoms with Crippen LogP contribution in [0.4, 0.5) is 13.2 Å². The number of aliphatic hydroxyl groups excluding tert-OH is 2. The van der Waals surface area contributed by atoms with E-state index in [1.165, 1.54) is 12.8 Å². The summed E-state index contributed by atoms with van der Waals surface area (Å²) in [6.07, 6.45) is 2.50. The van der Waals surface area contributed by atoms with Gasteiger partial charge in [-0.3, -0.25) is 0 Å². The summed E-state index contributed by atoms with van der Waals surface area (Å²) in [5.41, 5.74) is -0.0333. The van der Waals surface area contributed by atoms with Crippen molar-refractivity contribution in [1.82, 2.24) is 0 Å². The molecule has 0 heterocycles. The number of alkyl halides is 3. The topological polar surface area (TPSA) is 40.5 Å². The largest absolute Gasteiger partial charge is 0.414 e. The fourth-order valence-electron chi connectivity index (χ4n) is 7.73. The number of fused-ring (bicyclic) bond motifs is 5. The summed E-state index contributed by atoms with van der Waals surface area (Å²) in [5.74, 6) is 3.27. The molecule has 0 amide bonds. The highest BCUT2D eigenvalue weighted by molar-refractivity contribution is 5.06. The van der Waals surface area contributed by atoms with Crippen molar-refractivity contribution in [3.63, 3.8) is 0 Å². The third-order valence-corrected chi connectivity index (χ3v) is 9.01. The van der Waals surface area contributed by atoms with Gasteiger partial charge in [0.2, 0.25) is 0 Å². The normalized spacial score (nSPS) is 49.8. The van der Waals surface area contributed by atoms with Crippen LogP contribution >= 0.6 is 0 Å². The van der Waals surface area contributed by atoms with Crippen molar-refractivity contribution in [3.05, 3.63) is 0 Å². The van der Waals surface area contributed by atoms with Crippen LogP contribution in [0.25, 0.3) is 0 Å². The fourth-order valence-corrected chi connectivity index (χ4v) is 7.73. The third kappa shape index (κ3) is 3.11. The van der Waals surface area contributed by atoms with Crippen molar-refractivity contribution in [3.8, 4) is 0 Å². The van der Waals surface area contributed by atoms with Crippen molar-refractivity contribution in [2.75, 3.05) is 0 Å². The van der Waals surface area contributed by atoms with Gasteiger partial charge in [-0.05, 0) is 105 Å². The van der Waals surface area contributed by atoms with E-state index in [0.717, 1.165) is 50.9 Å². The first-order valence-electron chi connectivity index (χ1n) is 10.6. The van der Waals surface area contributed by atoms with Gasteiger partial charge >= 0.3 is 6.18 Å². The van der Waals surface area contributed by atoms with Crippen LogP contribution in [0.1, 0.15) is 71.1 Å². The molecule has 0 aromatic rings. The van der Waals surface area contributed by atoms with Gasteiger partial charge in [-0.15, -0.1) is 0 Å². The smallest absolute Gasteiger partial charge is 0.393 e. The summed E-state index contributed by atoms with van der Waals surface area (Å²) in [6.45, 7) is 2.21. The minimum Gasteiger partial charge on any atom is -0.393 e. The summed E-state index contributed by atoms with van der Waals surface area (Å²) < 4.78 is 38.6. The van der Waals surface area contributed by atoms with E-state index in [4.69, 9.17) is 0 Å². The number of hydrogen-bond acceptors (Lipinski definition) is 2. The molecule has 0 saturated heterocycles. The molecular formula is C21H33F3O2. The maximum absolute atomic E-state index is 12.9. The van der Waals surface area contributed by atoms with Gasteiger partial charge in [-0.1, -0.05) is 6.92 Å². The van der Waals surface area contributed by atoms with Crippen LogP contribution in [0.15, 0.2) is 0 Å². The zero-order chi connectivity index (χ0) is 18.7. The lowest BCUT2D eigenvalue weighted by Gasteiger charge is -2.56. The second-order valence-electron chi connectivity index (χ2n) is 10.0. The van der Waals surface area contributed by atoms with E-state index in [1.54, 1.807) is 0 Å². The molecule has 2 N–H and O–H groups in total. The maximum atomic E-state index is 12.9. The maximum Gasteiger partial charge on any atom is 0.414 e. The van der Waals surface area contributed by atoms with Crippen LogP contribution in [0.2, 0.25) is 0 Å². The van der Waals surface area contributed by atoms with Crippen LogP contribution in [-0.2, 0) is 0 Å². The highest BCUT2D eigenvalue weighted by Gasteiger charge is 2.57. The molecular weight excluding hydrogens is 341 g/mol.